The summed E-state index contributed by atoms with van der Waals surface area (Å²) in [6, 6.07) is 3.09. The molecule has 168 valence electrons. The Hall–Kier alpha value is -2.35. The van der Waals surface area contributed by atoms with Gasteiger partial charge in [0.25, 0.3) is 5.91 Å². The van der Waals surface area contributed by atoms with Crippen molar-refractivity contribution < 1.29 is 14.4 Å². The predicted octanol–water partition coefficient (Wildman–Crippen LogP) is 2.73. The smallest absolute Gasteiger partial charge is 0.256 e. The molecule has 0 saturated carbocycles. The van der Waals surface area contributed by atoms with Crippen LogP contribution in [0.25, 0.3) is 0 Å². The number of thioether (sulfide) groups is 1. The monoisotopic (exact) mass is 444 g/mol. The van der Waals surface area contributed by atoms with Crippen molar-refractivity contribution in [2.75, 3.05) is 32.4 Å². The number of hydrogen-bond donors (Lipinski definition) is 1. The number of aromatic nitrogens is 1. The van der Waals surface area contributed by atoms with Crippen molar-refractivity contribution in [3.63, 3.8) is 0 Å². The average Bonchev–Trinajstić information content (AvgIpc) is 3.15. The number of carbonyl (C=O) groups excluding carboxylic acids is 3. The van der Waals surface area contributed by atoms with Crippen molar-refractivity contribution in [3.8, 4) is 0 Å². The fourth-order valence-electron chi connectivity index (χ4n) is 4.62. The van der Waals surface area contributed by atoms with Crippen LogP contribution in [0.2, 0.25) is 0 Å². The molecular weight excluding hydrogens is 412 g/mol. The number of carbonyl (C=O) groups is 3. The minimum Gasteiger partial charge on any atom is -0.344 e. The van der Waals surface area contributed by atoms with E-state index in [-0.39, 0.29) is 23.1 Å². The van der Waals surface area contributed by atoms with E-state index in [1.165, 1.54) is 18.7 Å². The van der Waals surface area contributed by atoms with E-state index < -0.39 is 6.04 Å². The summed E-state index contributed by atoms with van der Waals surface area (Å²) in [5, 5.41) is 3.53. The van der Waals surface area contributed by atoms with Crippen LogP contribution in [0.3, 0.4) is 0 Å². The molecule has 1 aromatic rings. The zero-order valence-corrected chi connectivity index (χ0v) is 19.5. The van der Waals surface area contributed by atoms with Gasteiger partial charge in [0, 0.05) is 39.3 Å². The fourth-order valence-corrected chi connectivity index (χ4v) is 5.16. The number of rotatable bonds is 6. The van der Waals surface area contributed by atoms with Crippen LogP contribution in [0, 0.1) is 5.41 Å². The van der Waals surface area contributed by atoms with E-state index in [9.17, 15) is 14.4 Å². The van der Waals surface area contributed by atoms with Gasteiger partial charge in [-0.25, -0.2) is 4.98 Å². The van der Waals surface area contributed by atoms with Crippen LogP contribution >= 0.6 is 11.8 Å². The molecule has 0 bridgehead atoms. The van der Waals surface area contributed by atoms with E-state index in [1.807, 2.05) is 29.0 Å². The number of piperidine rings is 1. The first-order chi connectivity index (χ1) is 14.7. The summed E-state index contributed by atoms with van der Waals surface area (Å²) in [6.07, 6.45) is 6.78. The molecule has 1 spiro atoms. The lowest BCUT2D eigenvalue weighted by Crippen LogP contribution is -2.49. The van der Waals surface area contributed by atoms with E-state index in [2.05, 4.69) is 16.9 Å². The first-order valence-electron chi connectivity index (χ1n) is 10.7. The number of nitrogens with one attached hydrogen (secondary N) is 1. The van der Waals surface area contributed by atoms with Crippen molar-refractivity contribution in [3.05, 3.63) is 36.0 Å². The van der Waals surface area contributed by atoms with Gasteiger partial charge < -0.3 is 15.1 Å². The van der Waals surface area contributed by atoms with Crippen LogP contribution in [0.15, 0.2) is 35.5 Å². The number of amides is 3. The summed E-state index contributed by atoms with van der Waals surface area (Å²) in [6.45, 7) is 9.94. The first-order valence-corrected chi connectivity index (χ1v) is 12.0. The van der Waals surface area contributed by atoms with Gasteiger partial charge in [-0.15, -0.1) is 18.3 Å². The lowest BCUT2D eigenvalue weighted by Gasteiger charge is -2.39. The summed E-state index contributed by atoms with van der Waals surface area (Å²) in [5.41, 5.74) is 1.58. The third-order valence-corrected chi connectivity index (χ3v) is 7.00. The minimum atomic E-state index is -0.553. The van der Waals surface area contributed by atoms with Crippen LogP contribution in [-0.2, 0) is 9.59 Å². The highest BCUT2D eigenvalue weighted by atomic mass is 32.2. The molecule has 0 radical (unpaired) electrons. The van der Waals surface area contributed by atoms with E-state index in [0.29, 0.717) is 38.2 Å². The van der Waals surface area contributed by atoms with Gasteiger partial charge in [0.15, 0.2) is 0 Å². The van der Waals surface area contributed by atoms with Crippen molar-refractivity contribution >= 4 is 29.5 Å². The Morgan fingerprint density at radius 3 is 2.42 bits per heavy atom. The van der Waals surface area contributed by atoms with Gasteiger partial charge >= 0.3 is 0 Å². The highest BCUT2D eigenvalue weighted by molar-refractivity contribution is 7.98. The summed E-state index contributed by atoms with van der Waals surface area (Å²) in [4.78, 5) is 45.7. The molecule has 2 saturated heterocycles. The first kappa shape index (κ1) is 23.3. The lowest BCUT2D eigenvalue weighted by molar-refractivity contribution is -0.135. The van der Waals surface area contributed by atoms with Crippen LogP contribution < -0.4 is 5.32 Å². The predicted molar refractivity (Wildman–Crippen MR) is 122 cm³/mol. The SMILES string of the molecule is C=C(C)C[C@H](NC(C)=O)C(=O)N1CCC2(CCN(C(=O)c3cccnc3SC)CC2)C1. The fraction of sp³-hybridized carbons (Fsp3) is 0.565. The second-order valence-corrected chi connectivity index (χ2v) is 9.57. The van der Waals surface area contributed by atoms with E-state index in [1.54, 1.807) is 12.3 Å². The zero-order chi connectivity index (χ0) is 22.6. The molecular formula is C23H32N4O3S. The van der Waals surface area contributed by atoms with Crippen LogP contribution in [0.4, 0.5) is 0 Å². The number of pyridine rings is 1. The molecule has 31 heavy (non-hydrogen) atoms. The Morgan fingerprint density at radius 2 is 1.84 bits per heavy atom. The number of nitrogens with zero attached hydrogens (tertiary/aromatic N) is 3. The maximum Gasteiger partial charge on any atom is 0.256 e. The van der Waals surface area contributed by atoms with Crippen LogP contribution in [0.5, 0.6) is 0 Å². The lowest BCUT2D eigenvalue weighted by atomic mass is 9.77. The largest absolute Gasteiger partial charge is 0.344 e. The standard InChI is InChI=1S/C23H32N4O3S/c1-16(2)14-19(25-17(3)28)22(30)27-13-9-23(15-27)7-11-26(12-8-23)21(29)18-6-5-10-24-20(18)31-4/h5-6,10,19H,1,7-9,11-15H2,2-4H3,(H,25,28)/t19-/m0/s1. The summed E-state index contributed by atoms with van der Waals surface area (Å²) in [7, 11) is 0. The Balaban J connectivity index is 1.61. The van der Waals surface area contributed by atoms with Crippen LogP contribution in [0.1, 0.15) is 49.9 Å². The Morgan fingerprint density at radius 1 is 1.19 bits per heavy atom. The molecule has 0 unspecified atom stereocenters. The highest BCUT2D eigenvalue weighted by Gasteiger charge is 2.44. The third-order valence-electron chi connectivity index (χ3n) is 6.28. The molecule has 2 aliphatic rings. The average molecular weight is 445 g/mol. The third kappa shape index (κ3) is 5.47. The van der Waals surface area contributed by atoms with Gasteiger partial charge in [-0.05, 0) is 56.4 Å². The second kappa shape index (κ2) is 9.85. The topological polar surface area (TPSA) is 82.6 Å². The van der Waals surface area contributed by atoms with Gasteiger partial charge in [-0.3, -0.25) is 14.4 Å². The Labute approximate surface area is 188 Å². The van der Waals surface area contributed by atoms with Crippen molar-refractivity contribution in [2.45, 2.75) is 50.6 Å². The van der Waals surface area contributed by atoms with Gasteiger partial charge in [-0.1, -0.05) is 5.57 Å². The molecule has 8 heteroatoms. The van der Waals surface area contributed by atoms with Gasteiger partial charge in [0.05, 0.1) is 5.56 Å². The molecule has 1 N–H and O–H groups in total. The quantitative estimate of drug-likeness (QED) is 0.539. The number of likely N-dealkylation sites (tertiary alicyclic amines) is 2. The molecule has 1 aromatic heterocycles. The summed E-state index contributed by atoms with van der Waals surface area (Å²) in [5.74, 6) is -0.209. The second-order valence-electron chi connectivity index (χ2n) is 8.78. The minimum absolute atomic E-state index is 0.0328. The van der Waals surface area contributed by atoms with Gasteiger partial charge in [-0.2, -0.15) is 0 Å². The molecule has 3 heterocycles. The maximum atomic E-state index is 13.1. The summed E-state index contributed by atoms with van der Waals surface area (Å²) >= 11 is 1.48. The van der Waals surface area contributed by atoms with Crippen LogP contribution in [-0.4, -0.2) is 71.0 Å². The van der Waals surface area contributed by atoms with E-state index in [4.69, 9.17) is 0 Å². The van der Waals surface area contributed by atoms with Gasteiger partial charge in [0.1, 0.15) is 11.1 Å². The molecule has 7 nitrogen and oxygen atoms in total. The highest BCUT2D eigenvalue weighted by Crippen LogP contribution is 2.41. The zero-order valence-electron chi connectivity index (χ0n) is 18.6. The Bertz CT molecular complexity index is 848. The molecule has 0 aromatic carbocycles. The summed E-state index contributed by atoms with van der Waals surface area (Å²) < 4.78 is 0. The van der Waals surface area contributed by atoms with Crippen molar-refractivity contribution in [1.29, 1.82) is 0 Å². The van der Waals surface area contributed by atoms with E-state index >= 15 is 0 Å². The van der Waals surface area contributed by atoms with Crippen molar-refractivity contribution in [1.82, 2.24) is 20.1 Å². The molecule has 2 fully saturated rings. The molecule has 3 rings (SSSR count). The normalized spacial score (nSPS) is 18.7. The van der Waals surface area contributed by atoms with E-state index in [0.717, 1.165) is 29.9 Å². The molecule has 1 atom stereocenters. The van der Waals surface area contributed by atoms with Crippen molar-refractivity contribution in [2.24, 2.45) is 5.41 Å². The molecule has 3 amide bonds. The number of hydrogen-bond acceptors (Lipinski definition) is 5. The molecule has 2 aliphatic heterocycles. The maximum absolute atomic E-state index is 13.1. The molecule has 0 aliphatic carbocycles. The van der Waals surface area contributed by atoms with Gasteiger partial charge in [0.2, 0.25) is 11.8 Å². The Kier molecular flexibility index (Phi) is 7.41.